The van der Waals surface area contributed by atoms with E-state index in [4.69, 9.17) is 11.6 Å². The Kier molecular flexibility index (Phi) is 3.73. The number of halogens is 1. The summed E-state index contributed by atoms with van der Waals surface area (Å²) < 4.78 is 0. The third kappa shape index (κ3) is 2.56. The molecule has 0 N–H and O–H groups in total. The summed E-state index contributed by atoms with van der Waals surface area (Å²) in [5.41, 5.74) is 2.00. The molecular formula is C12H13ClN6S. The van der Waals surface area contributed by atoms with Crippen molar-refractivity contribution in [1.82, 2.24) is 25.3 Å². The maximum Gasteiger partial charge on any atom is 0.153 e. The van der Waals surface area contributed by atoms with Crippen molar-refractivity contribution < 1.29 is 0 Å². The van der Waals surface area contributed by atoms with Crippen molar-refractivity contribution in [3.05, 3.63) is 23.6 Å². The van der Waals surface area contributed by atoms with Crippen molar-refractivity contribution in [3.63, 3.8) is 0 Å². The van der Waals surface area contributed by atoms with Gasteiger partial charge in [-0.15, -0.1) is 10.2 Å². The summed E-state index contributed by atoms with van der Waals surface area (Å²) in [4.78, 5) is 5.32. The van der Waals surface area contributed by atoms with E-state index in [-0.39, 0.29) is 0 Å². The zero-order valence-corrected chi connectivity index (χ0v) is 12.7. The van der Waals surface area contributed by atoms with Crippen molar-refractivity contribution >= 4 is 34.7 Å². The van der Waals surface area contributed by atoms with E-state index in [9.17, 15) is 0 Å². The zero-order chi connectivity index (χ0) is 14.1. The van der Waals surface area contributed by atoms with Crippen LogP contribution < -0.4 is 4.90 Å². The van der Waals surface area contributed by atoms with Gasteiger partial charge in [0.2, 0.25) is 0 Å². The lowest BCUT2D eigenvalue weighted by atomic mass is 10.3. The quantitative estimate of drug-likeness (QED) is 0.860. The number of fused-ring (bicyclic) bond motifs is 2. The molecule has 104 valence electrons. The van der Waals surface area contributed by atoms with Gasteiger partial charge in [-0.3, -0.25) is 0 Å². The van der Waals surface area contributed by atoms with Crippen LogP contribution in [0.1, 0.15) is 0 Å². The predicted octanol–water partition coefficient (Wildman–Crippen LogP) is 2.08. The molecule has 0 saturated heterocycles. The number of anilines is 2. The van der Waals surface area contributed by atoms with Gasteiger partial charge in [0.25, 0.3) is 0 Å². The number of hydrogen-bond acceptors (Lipinski definition) is 7. The summed E-state index contributed by atoms with van der Waals surface area (Å²) >= 11 is 7.52. The van der Waals surface area contributed by atoms with Crippen LogP contribution in [-0.2, 0) is 0 Å². The minimum Gasteiger partial charge on any atom is -0.336 e. The largest absolute Gasteiger partial charge is 0.336 e. The molecule has 2 aromatic heterocycles. The van der Waals surface area contributed by atoms with Crippen molar-refractivity contribution in [3.8, 4) is 0 Å². The molecule has 1 aliphatic heterocycles. The molecule has 3 rings (SSSR count). The molecule has 0 unspecified atom stereocenters. The smallest absolute Gasteiger partial charge is 0.153 e. The molecule has 2 aromatic rings. The van der Waals surface area contributed by atoms with E-state index in [2.05, 4.69) is 30.2 Å². The molecule has 0 radical (unpaired) electrons. The molecule has 1 aliphatic rings. The number of likely N-dealkylation sites (N-methyl/N-ethyl adjacent to an activating group) is 1. The number of rotatable bonds is 3. The average Bonchev–Trinajstić information content (AvgIpc) is 2.43. The first-order valence-electron chi connectivity index (χ1n) is 6.09. The van der Waals surface area contributed by atoms with Crippen LogP contribution in [-0.4, -0.2) is 52.5 Å². The number of aromatic nitrogens is 4. The van der Waals surface area contributed by atoms with Crippen LogP contribution in [0.2, 0.25) is 5.15 Å². The van der Waals surface area contributed by atoms with Gasteiger partial charge in [-0.1, -0.05) is 23.4 Å². The number of hydrogen-bond donors (Lipinski definition) is 0. The van der Waals surface area contributed by atoms with Gasteiger partial charge in [0, 0.05) is 19.2 Å². The lowest BCUT2D eigenvalue weighted by molar-refractivity contribution is 0.418. The van der Waals surface area contributed by atoms with E-state index in [0.717, 1.165) is 34.4 Å². The van der Waals surface area contributed by atoms with Crippen molar-refractivity contribution in [2.24, 2.45) is 0 Å². The first-order valence-corrected chi connectivity index (χ1v) is 7.28. The van der Waals surface area contributed by atoms with Gasteiger partial charge in [-0.25, -0.2) is 0 Å². The van der Waals surface area contributed by atoms with Gasteiger partial charge >= 0.3 is 0 Å². The topological polar surface area (TPSA) is 58.0 Å². The molecule has 0 atom stereocenters. The van der Waals surface area contributed by atoms with Gasteiger partial charge in [-0.2, -0.15) is 10.2 Å². The Balaban J connectivity index is 2.04. The van der Waals surface area contributed by atoms with Crippen LogP contribution >= 0.6 is 23.4 Å². The summed E-state index contributed by atoms with van der Waals surface area (Å²) in [6.45, 7) is 1.73. The van der Waals surface area contributed by atoms with E-state index in [1.54, 1.807) is 12.4 Å². The average molecular weight is 309 g/mol. The molecule has 6 nitrogen and oxygen atoms in total. The normalized spacial score (nSPS) is 13.3. The monoisotopic (exact) mass is 308 g/mol. The molecular weight excluding hydrogens is 296 g/mol. The molecule has 0 bridgehead atoms. The van der Waals surface area contributed by atoms with Crippen molar-refractivity contribution in [1.29, 1.82) is 0 Å². The van der Waals surface area contributed by atoms with Crippen LogP contribution in [0.5, 0.6) is 0 Å². The third-order valence-electron chi connectivity index (χ3n) is 2.94. The highest BCUT2D eigenvalue weighted by atomic mass is 35.5. The zero-order valence-electron chi connectivity index (χ0n) is 11.1. The van der Waals surface area contributed by atoms with E-state index in [1.165, 1.54) is 11.8 Å². The Bertz CT molecular complexity index is 635. The molecule has 3 heterocycles. The van der Waals surface area contributed by atoms with E-state index in [1.807, 2.05) is 20.2 Å². The van der Waals surface area contributed by atoms with Crippen LogP contribution in [0, 0.1) is 0 Å². The van der Waals surface area contributed by atoms with E-state index < -0.39 is 0 Å². The highest BCUT2D eigenvalue weighted by molar-refractivity contribution is 7.99. The van der Waals surface area contributed by atoms with Crippen LogP contribution in [0.15, 0.2) is 28.4 Å². The van der Waals surface area contributed by atoms with Crippen LogP contribution in [0.3, 0.4) is 0 Å². The Morgan fingerprint density at radius 3 is 2.80 bits per heavy atom. The fraction of sp³-hybridized carbons (Fsp3) is 0.333. The molecule has 20 heavy (non-hydrogen) atoms. The second-order valence-electron chi connectivity index (χ2n) is 4.65. The second kappa shape index (κ2) is 5.51. The van der Waals surface area contributed by atoms with Gasteiger partial charge < -0.3 is 9.80 Å². The van der Waals surface area contributed by atoms with Crippen LogP contribution in [0.4, 0.5) is 11.4 Å². The number of nitrogens with zero attached hydrogens (tertiary/aromatic N) is 6. The molecule has 0 aliphatic carbocycles. The van der Waals surface area contributed by atoms with Gasteiger partial charge in [-0.05, 0) is 14.1 Å². The minimum absolute atomic E-state index is 0.393. The molecule has 0 spiro atoms. The Labute approximate surface area is 126 Å². The van der Waals surface area contributed by atoms with Gasteiger partial charge in [0.1, 0.15) is 5.03 Å². The maximum absolute atomic E-state index is 5.98. The summed E-state index contributed by atoms with van der Waals surface area (Å²) in [5.74, 6) is 0. The lowest BCUT2D eigenvalue weighted by Gasteiger charge is -2.31. The van der Waals surface area contributed by atoms with Gasteiger partial charge in [0.05, 0.1) is 28.7 Å². The minimum atomic E-state index is 0.393. The highest BCUT2D eigenvalue weighted by Gasteiger charge is 2.25. The SMILES string of the molecule is CN(C)CCN1c2cnncc2Sc2nnc(Cl)cc21. The molecule has 0 saturated carbocycles. The molecule has 8 heteroatoms. The highest BCUT2D eigenvalue weighted by Crippen LogP contribution is 2.46. The first kappa shape index (κ1) is 13.5. The van der Waals surface area contributed by atoms with E-state index >= 15 is 0 Å². The van der Waals surface area contributed by atoms with E-state index in [0.29, 0.717) is 5.15 Å². The summed E-state index contributed by atoms with van der Waals surface area (Å²) in [7, 11) is 4.09. The second-order valence-corrected chi connectivity index (χ2v) is 6.07. The fourth-order valence-corrected chi connectivity index (χ4v) is 3.05. The van der Waals surface area contributed by atoms with Crippen molar-refractivity contribution in [2.75, 3.05) is 32.1 Å². The van der Waals surface area contributed by atoms with Crippen LogP contribution in [0.25, 0.3) is 0 Å². The first-order chi connectivity index (χ1) is 9.65. The Morgan fingerprint density at radius 1 is 1.20 bits per heavy atom. The van der Waals surface area contributed by atoms with Crippen molar-refractivity contribution in [2.45, 2.75) is 9.92 Å². The van der Waals surface area contributed by atoms with Gasteiger partial charge in [0.15, 0.2) is 5.15 Å². The molecule has 0 amide bonds. The maximum atomic E-state index is 5.98. The summed E-state index contributed by atoms with van der Waals surface area (Å²) in [6, 6.07) is 1.84. The Morgan fingerprint density at radius 2 is 2.00 bits per heavy atom. The summed E-state index contributed by atoms with van der Waals surface area (Å²) in [6.07, 6.45) is 3.52. The standard InChI is InChI=1S/C12H13ClN6S/c1-18(2)3-4-19-8-5-11(13)16-17-12(8)20-10-7-15-14-6-9(10)19/h5-7H,3-4H2,1-2H3. The molecule has 0 fully saturated rings. The Hall–Kier alpha value is -1.44. The fourth-order valence-electron chi connectivity index (χ4n) is 1.97. The lowest BCUT2D eigenvalue weighted by Crippen LogP contribution is -2.30. The predicted molar refractivity (Wildman–Crippen MR) is 78.8 cm³/mol. The molecule has 0 aromatic carbocycles. The third-order valence-corrected chi connectivity index (χ3v) is 4.15. The summed E-state index contributed by atoms with van der Waals surface area (Å²) in [5, 5.41) is 17.2.